The summed E-state index contributed by atoms with van der Waals surface area (Å²) in [4.78, 5) is 16.8. The van der Waals surface area contributed by atoms with Gasteiger partial charge in [-0.15, -0.1) is 33.3 Å². The maximum Gasteiger partial charge on any atom is 0.255 e. The highest BCUT2D eigenvalue weighted by atomic mass is 32.2. The molecule has 0 aliphatic heterocycles. The minimum Gasteiger partial charge on any atom is -0.480 e. The van der Waals surface area contributed by atoms with Crippen molar-refractivity contribution < 1.29 is 9.53 Å². The molecule has 0 spiro atoms. The largest absolute Gasteiger partial charge is 0.480 e. The van der Waals surface area contributed by atoms with Gasteiger partial charge in [-0.3, -0.25) is 9.20 Å². The molecule has 8 nitrogen and oxygen atoms in total. The summed E-state index contributed by atoms with van der Waals surface area (Å²) in [5.74, 6) is 6.36. The Morgan fingerprint density at radius 1 is 1.23 bits per heavy atom. The number of hydrogen-bond donors (Lipinski definition) is 1. The molecule has 0 bridgehead atoms. The second-order valence-electron chi connectivity index (χ2n) is 6.15. The van der Waals surface area contributed by atoms with E-state index in [1.165, 1.54) is 19.4 Å². The van der Waals surface area contributed by atoms with Gasteiger partial charge in [-0.2, -0.15) is 5.26 Å². The minimum atomic E-state index is -0.311. The zero-order valence-corrected chi connectivity index (χ0v) is 18.0. The fraction of sp³-hybridized carbons (Fsp3) is 0.0952. The van der Waals surface area contributed by atoms with Gasteiger partial charge in [0.2, 0.25) is 11.7 Å². The van der Waals surface area contributed by atoms with Gasteiger partial charge < -0.3 is 10.1 Å². The zero-order chi connectivity index (χ0) is 21.8. The standard InChI is InChI=1S/C21H14N6O2S2/c1-29-19-11-27-17(25-26-18(27)10-23-19)4-3-13-5-14(9-22)7-15(6-13)21(28)24-16-8-20(30-2)31-12-16/h5-8,10-12H,1-2H3,(H,24,28). The van der Waals surface area contributed by atoms with E-state index in [-0.39, 0.29) is 5.91 Å². The predicted octanol–water partition coefficient (Wildman–Crippen LogP) is 3.44. The number of thiophene rings is 1. The highest BCUT2D eigenvalue weighted by Crippen LogP contribution is 2.27. The SMILES string of the molecule is COc1cn2c(C#Cc3cc(C#N)cc(C(=O)Nc4csc(SC)c4)c3)nnc2cn1. The van der Waals surface area contributed by atoms with Crippen LogP contribution in [0.2, 0.25) is 0 Å². The molecule has 152 valence electrons. The first kappa shape index (κ1) is 20.4. The number of carbonyl (C=O) groups excluding carboxylic acids is 1. The molecule has 1 aromatic carbocycles. The molecule has 0 saturated heterocycles. The van der Waals surface area contributed by atoms with Gasteiger partial charge in [0.25, 0.3) is 5.91 Å². The Morgan fingerprint density at radius 3 is 2.81 bits per heavy atom. The Morgan fingerprint density at radius 2 is 2.06 bits per heavy atom. The molecule has 0 saturated carbocycles. The summed E-state index contributed by atoms with van der Waals surface area (Å²) in [6, 6.07) is 8.76. The van der Waals surface area contributed by atoms with Crippen molar-refractivity contribution in [2.45, 2.75) is 4.21 Å². The van der Waals surface area contributed by atoms with Crippen molar-refractivity contribution in [2.24, 2.45) is 0 Å². The molecule has 0 aliphatic carbocycles. The number of ether oxygens (including phenoxy) is 1. The Hall–Kier alpha value is -3.86. The van der Waals surface area contributed by atoms with E-state index in [2.05, 4.69) is 38.4 Å². The van der Waals surface area contributed by atoms with Gasteiger partial charge in [-0.05, 0) is 36.4 Å². The van der Waals surface area contributed by atoms with Crippen LogP contribution >= 0.6 is 23.1 Å². The summed E-state index contributed by atoms with van der Waals surface area (Å²) < 4.78 is 7.87. The van der Waals surface area contributed by atoms with Crippen LogP contribution in [0.3, 0.4) is 0 Å². The lowest BCUT2D eigenvalue weighted by Crippen LogP contribution is -2.11. The van der Waals surface area contributed by atoms with Crippen LogP contribution in [0.25, 0.3) is 5.65 Å². The summed E-state index contributed by atoms with van der Waals surface area (Å²) in [7, 11) is 1.52. The first-order valence-corrected chi connectivity index (χ1v) is 11.0. The Labute approximate surface area is 185 Å². The van der Waals surface area contributed by atoms with Crippen molar-refractivity contribution in [1.82, 2.24) is 19.6 Å². The summed E-state index contributed by atoms with van der Waals surface area (Å²) in [6.45, 7) is 0. The molecular weight excluding hydrogens is 432 g/mol. The Bertz CT molecular complexity index is 1390. The van der Waals surface area contributed by atoms with Gasteiger partial charge in [0.15, 0.2) is 5.65 Å². The smallest absolute Gasteiger partial charge is 0.255 e. The molecule has 1 N–H and O–H groups in total. The molecule has 0 atom stereocenters. The maximum absolute atomic E-state index is 12.7. The van der Waals surface area contributed by atoms with E-state index < -0.39 is 0 Å². The number of nitriles is 1. The van der Waals surface area contributed by atoms with Crippen LogP contribution in [0, 0.1) is 23.2 Å². The molecule has 31 heavy (non-hydrogen) atoms. The van der Waals surface area contributed by atoms with Crippen LogP contribution < -0.4 is 10.1 Å². The number of amides is 1. The van der Waals surface area contributed by atoms with Crippen molar-refractivity contribution in [2.75, 3.05) is 18.7 Å². The van der Waals surface area contributed by atoms with E-state index in [9.17, 15) is 10.1 Å². The Balaban J connectivity index is 1.64. The van der Waals surface area contributed by atoms with Crippen LogP contribution in [0.1, 0.15) is 27.3 Å². The minimum absolute atomic E-state index is 0.311. The van der Waals surface area contributed by atoms with Crippen molar-refractivity contribution in [3.8, 4) is 23.8 Å². The third kappa shape index (κ3) is 4.51. The van der Waals surface area contributed by atoms with E-state index in [0.717, 1.165) is 4.21 Å². The summed E-state index contributed by atoms with van der Waals surface area (Å²) in [5.41, 5.74) is 2.43. The molecule has 0 radical (unpaired) electrons. The average molecular weight is 447 g/mol. The lowest BCUT2D eigenvalue weighted by molar-refractivity contribution is 0.102. The van der Waals surface area contributed by atoms with E-state index >= 15 is 0 Å². The number of carbonyl (C=O) groups is 1. The van der Waals surface area contributed by atoms with E-state index in [1.54, 1.807) is 45.8 Å². The van der Waals surface area contributed by atoms with Gasteiger partial charge in [0.1, 0.15) is 0 Å². The summed E-state index contributed by atoms with van der Waals surface area (Å²) in [5, 5.41) is 22.2. The number of fused-ring (bicyclic) bond motifs is 1. The van der Waals surface area contributed by atoms with Crippen LogP contribution in [-0.4, -0.2) is 38.9 Å². The van der Waals surface area contributed by atoms with Crippen LogP contribution in [0.5, 0.6) is 5.88 Å². The van der Waals surface area contributed by atoms with Gasteiger partial charge in [0.05, 0.1) is 41.0 Å². The molecule has 3 aromatic heterocycles. The number of methoxy groups -OCH3 is 1. The number of aromatic nitrogens is 4. The van der Waals surface area contributed by atoms with Crippen LogP contribution in [0.4, 0.5) is 5.69 Å². The normalized spacial score (nSPS) is 10.2. The topological polar surface area (TPSA) is 105 Å². The number of hydrogen-bond acceptors (Lipinski definition) is 8. The highest BCUT2D eigenvalue weighted by molar-refractivity contribution is 8.00. The second-order valence-corrected chi connectivity index (χ2v) is 8.17. The van der Waals surface area contributed by atoms with Gasteiger partial charge in [0, 0.05) is 16.5 Å². The van der Waals surface area contributed by atoms with Crippen molar-refractivity contribution in [1.29, 1.82) is 5.26 Å². The molecule has 4 aromatic rings. The second kappa shape index (κ2) is 8.88. The van der Waals surface area contributed by atoms with E-state index in [1.807, 2.05) is 17.7 Å². The average Bonchev–Trinajstić information content (AvgIpc) is 3.43. The number of anilines is 1. The Kier molecular flexibility index (Phi) is 5.85. The lowest BCUT2D eigenvalue weighted by atomic mass is 10.1. The van der Waals surface area contributed by atoms with E-state index in [4.69, 9.17) is 4.74 Å². The molecule has 0 unspecified atom stereocenters. The quantitative estimate of drug-likeness (QED) is 0.378. The van der Waals surface area contributed by atoms with E-state index in [0.29, 0.717) is 39.7 Å². The lowest BCUT2D eigenvalue weighted by Gasteiger charge is -2.04. The maximum atomic E-state index is 12.7. The van der Waals surface area contributed by atoms with Gasteiger partial charge >= 0.3 is 0 Å². The van der Waals surface area contributed by atoms with Crippen molar-refractivity contribution >= 4 is 40.3 Å². The monoisotopic (exact) mass is 446 g/mol. The molecule has 0 fully saturated rings. The fourth-order valence-corrected chi connectivity index (χ4v) is 4.03. The van der Waals surface area contributed by atoms with Gasteiger partial charge in [-0.1, -0.05) is 5.92 Å². The number of rotatable bonds is 4. The van der Waals surface area contributed by atoms with Gasteiger partial charge in [-0.25, -0.2) is 4.98 Å². The molecule has 3 heterocycles. The fourth-order valence-electron chi connectivity index (χ4n) is 2.69. The number of benzene rings is 1. The molecular formula is C21H14N6O2S2. The first-order chi connectivity index (χ1) is 15.1. The highest BCUT2D eigenvalue weighted by Gasteiger charge is 2.11. The molecule has 10 heteroatoms. The molecule has 0 aliphatic rings. The number of nitrogens with one attached hydrogen (secondary N) is 1. The third-order valence-corrected chi connectivity index (χ3v) is 6.19. The van der Waals surface area contributed by atoms with Crippen LogP contribution in [0.15, 0.2) is 46.2 Å². The summed E-state index contributed by atoms with van der Waals surface area (Å²) >= 11 is 3.16. The number of thioether (sulfide) groups is 1. The predicted molar refractivity (Wildman–Crippen MR) is 119 cm³/mol. The molecule has 4 rings (SSSR count). The van der Waals surface area contributed by atoms with Crippen molar-refractivity contribution in [3.05, 3.63) is 64.6 Å². The zero-order valence-electron chi connectivity index (χ0n) is 16.4. The van der Waals surface area contributed by atoms with Crippen LogP contribution in [-0.2, 0) is 0 Å². The summed E-state index contributed by atoms with van der Waals surface area (Å²) in [6.07, 6.45) is 5.14. The van der Waals surface area contributed by atoms with Crippen molar-refractivity contribution in [3.63, 3.8) is 0 Å². The molecule has 1 amide bonds. The number of nitrogens with zero attached hydrogens (tertiary/aromatic N) is 5. The third-order valence-electron chi connectivity index (χ3n) is 4.16. The first-order valence-electron chi connectivity index (χ1n) is 8.85.